The fraction of sp³-hybridized carbons (Fsp3) is 0.500. The second-order valence-electron chi connectivity index (χ2n) is 5.73. The highest BCUT2D eigenvalue weighted by Crippen LogP contribution is 2.20. The van der Waals surface area contributed by atoms with Gasteiger partial charge in [0, 0.05) is 25.4 Å². The van der Waals surface area contributed by atoms with Crippen LogP contribution in [0.2, 0.25) is 0 Å². The summed E-state index contributed by atoms with van der Waals surface area (Å²) in [5.74, 6) is 1.01. The van der Waals surface area contributed by atoms with E-state index in [-0.39, 0.29) is 18.3 Å². The molecule has 1 aromatic carbocycles. The molecule has 0 aliphatic carbocycles. The van der Waals surface area contributed by atoms with E-state index < -0.39 is 6.10 Å². The Labute approximate surface area is 133 Å². The Balaban J connectivity index is 1.88. The summed E-state index contributed by atoms with van der Waals surface area (Å²) >= 11 is 0. The Bertz CT molecular complexity index is 645. The van der Waals surface area contributed by atoms with Gasteiger partial charge in [-0.1, -0.05) is 0 Å². The Hall–Kier alpha value is -1.83. The average Bonchev–Trinajstić information content (AvgIpc) is 3.13. The molecule has 0 radical (unpaired) electrons. The molecule has 124 valence electrons. The van der Waals surface area contributed by atoms with E-state index in [1.807, 2.05) is 0 Å². The molecule has 1 aliphatic heterocycles. The minimum atomic E-state index is -0.505. The monoisotopic (exact) mass is 321 g/mol. The Kier molecular flexibility index (Phi) is 5.00. The van der Waals surface area contributed by atoms with Gasteiger partial charge < -0.3 is 14.9 Å². The topological polar surface area (TPSA) is 80.4 Å². The van der Waals surface area contributed by atoms with Crippen LogP contribution in [0.5, 0.6) is 0 Å². The van der Waals surface area contributed by atoms with Crippen molar-refractivity contribution in [1.82, 2.24) is 14.8 Å². The van der Waals surface area contributed by atoms with E-state index in [4.69, 9.17) is 9.84 Å². The van der Waals surface area contributed by atoms with E-state index in [1.165, 1.54) is 12.1 Å². The van der Waals surface area contributed by atoms with E-state index in [1.54, 1.807) is 16.8 Å². The first-order valence-corrected chi connectivity index (χ1v) is 7.75. The molecule has 6 nitrogen and oxygen atoms in total. The number of nitrogens with zero attached hydrogens (tertiary/aromatic N) is 3. The summed E-state index contributed by atoms with van der Waals surface area (Å²) in [4.78, 5) is 4.52. The number of hydrogen-bond acceptors (Lipinski definition) is 5. The van der Waals surface area contributed by atoms with Crippen molar-refractivity contribution in [3.8, 4) is 5.69 Å². The predicted molar refractivity (Wildman–Crippen MR) is 80.7 cm³/mol. The van der Waals surface area contributed by atoms with Crippen LogP contribution in [0.3, 0.4) is 0 Å². The quantitative estimate of drug-likeness (QED) is 0.826. The lowest BCUT2D eigenvalue weighted by Crippen LogP contribution is -2.21. The maximum absolute atomic E-state index is 13.1. The van der Waals surface area contributed by atoms with Crippen LogP contribution in [-0.4, -0.2) is 50.9 Å². The van der Waals surface area contributed by atoms with Crippen LogP contribution in [0, 0.1) is 11.7 Å². The second-order valence-corrected chi connectivity index (χ2v) is 5.73. The van der Waals surface area contributed by atoms with Gasteiger partial charge in [-0.2, -0.15) is 5.10 Å². The number of ether oxygens (including phenoxy) is 1. The number of aliphatic hydroxyl groups excluding tert-OH is 2. The molecule has 0 amide bonds. The van der Waals surface area contributed by atoms with Gasteiger partial charge in [0.1, 0.15) is 11.6 Å². The molecule has 1 aromatic heterocycles. The lowest BCUT2D eigenvalue weighted by Gasteiger charge is -2.12. The first-order chi connectivity index (χ1) is 11.2. The number of rotatable bonds is 6. The lowest BCUT2D eigenvalue weighted by molar-refractivity contribution is 0.118. The zero-order chi connectivity index (χ0) is 16.2. The highest BCUT2D eigenvalue weighted by Gasteiger charge is 2.28. The number of aliphatic hydroxyl groups is 2. The zero-order valence-electron chi connectivity index (χ0n) is 12.7. The molecule has 7 heteroatoms. The lowest BCUT2D eigenvalue weighted by atomic mass is 10.0. The number of halogens is 1. The number of hydrogen-bond donors (Lipinski definition) is 2. The van der Waals surface area contributed by atoms with Gasteiger partial charge in [-0.25, -0.2) is 14.1 Å². The van der Waals surface area contributed by atoms with Crippen LogP contribution in [0.15, 0.2) is 24.3 Å². The van der Waals surface area contributed by atoms with E-state index in [9.17, 15) is 9.50 Å². The molecule has 0 spiro atoms. The first kappa shape index (κ1) is 16.0. The van der Waals surface area contributed by atoms with E-state index >= 15 is 0 Å². The normalized spacial score (nSPS) is 21.0. The van der Waals surface area contributed by atoms with Crippen molar-refractivity contribution >= 4 is 0 Å². The Morgan fingerprint density at radius 1 is 1.26 bits per heavy atom. The van der Waals surface area contributed by atoms with Crippen LogP contribution in [0.4, 0.5) is 4.39 Å². The van der Waals surface area contributed by atoms with Crippen molar-refractivity contribution in [3.63, 3.8) is 0 Å². The maximum Gasteiger partial charge on any atom is 0.151 e. The fourth-order valence-corrected chi connectivity index (χ4v) is 2.67. The summed E-state index contributed by atoms with van der Waals surface area (Å²) in [7, 11) is 0. The summed E-state index contributed by atoms with van der Waals surface area (Å²) in [6.07, 6.45) is 1.18. The van der Waals surface area contributed by atoms with Crippen LogP contribution >= 0.6 is 0 Å². The molecular formula is C16H20FN3O3. The highest BCUT2D eigenvalue weighted by atomic mass is 19.1. The molecule has 23 heavy (non-hydrogen) atoms. The van der Waals surface area contributed by atoms with Gasteiger partial charge in [0.2, 0.25) is 0 Å². The predicted octanol–water partition coefficient (Wildman–Crippen LogP) is 0.881. The van der Waals surface area contributed by atoms with E-state index in [2.05, 4.69) is 10.1 Å². The van der Waals surface area contributed by atoms with Gasteiger partial charge in [0.25, 0.3) is 0 Å². The van der Waals surface area contributed by atoms with Gasteiger partial charge in [-0.05, 0) is 30.7 Å². The van der Waals surface area contributed by atoms with Gasteiger partial charge in [-0.15, -0.1) is 0 Å². The van der Waals surface area contributed by atoms with E-state index in [0.29, 0.717) is 44.1 Å². The Morgan fingerprint density at radius 3 is 2.70 bits per heavy atom. The van der Waals surface area contributed by atoms with Crippen LogP contribution in [0.1, 0.15) is 18.1 Å². The summed E-state index contributed by atoms with van der Waals surface area (Å²) in [5.41, 5.74) is 0.720. The van der Waals surface area contributed by atoms with Crippen LogP contribution < -0.4 is 0 Å². The molecule has 2 N–H and O–H groups in total. The van der Waals surface area contributed by atoms with Crippen molar-refractivity contribution in [2.75, 3.05) is 19.8 Å². The minimum Gasteiger partial charge on any atom is -0.396 e. The third kappa shape index (κ3) is 3.74. The molecule has 0 unspecified atom stereocenters. The fourth-order valence-electron chi connectivity index (χ4n) is 2.67. The smallest absolute Gasteiger partial charge is 0.151 e. The largest absolute Gasteiger partial charge is 0.396 e. The molecule has 0 bridgehead atoms. The standard InChI is InChI=1S/C16H20FN3O3/c17-12-3-5-13(6-4-12)20-16(8-11-9-23-10-14(11)22)18-15(19-20)2-1-7-21/h3-6,11,14,21-22H,1-2,7-10H2/t11-,14-/m1/s1. The van der Waals surface area contributed by atoms with Gasteiger partial charge in [0.05, 0.1) is 25.0 Å². The average molecular weight is 321 g/mol. The maximum atomic E-state index is 13.1. The summed E-state index contributed by atoms with van der Waals surface area (Å²) < 4.78 is 20.1. The Morgan fingerprint density at radius 2 is 2.04 bits per heavy atom. The summed E-state index contributed by atoms with van der Waals surface area (Å²) in [6, 6.07) is 6.04. The molecule has 2 atom stereocenters. The van der Waals surface area contributed by atoms with Gasteiger partial charge in [0.15, 0.2) is 5.82 Å². The molecule has 2 heterocycles. The molecule has 0 saturated carbocycles. The third-order valence-electron chi connectivity index (χ3n) is 3.96. The summed E-state index contributed by atoms with van der Waals surface area (Å²) in [5, 5.41) is 23.4. The molecule has 3 rings (SSSR count). The van der Waals surface area contributed by atoms with Gasteiger partial charge >= 0.3 is 0 Å². The van der Waals surface area contributed by atoms with Crippen molar-refractivity contribution in [2.45, 2.75) is 25.4 Å². The minimum absolute atomic E-state index is 0.0240. The van der Waals surface area contributed by atoms with Crippen LogP contribution in [0.25, 0.3) is 5.69 Å². The zero-order valence-corrected chi connectivity index (χ0v) is 12.7. The van der Waals surface area contributed by atoms with E-state index in [0.717, 1.165) is 5.69 Å². The SMILES string of the molecule is OCCCc1nc(C[C@@H]2COC[C@H]2O)n(-c2ccc(F)cc2)n1. The van der Waals surface area contributed by atoms with Crippen molar-refractivity contribution in [1.29, 1.82) is 0 Å². The molecule has 1 aliphatic rings. The van der Waals surface area contributed by atoms with Gasteiger partial charge in [-0.3, -0.25) is 0 Å². The molecular weight excluding hydrogens is 301 g/mol. The molecule has 1 fully saturated rings. The number of benzene rings is 1. The summed E-state index contributed by atoms with van der Waals surface area (Å²) in [6.45, 7) is 0.908. The molecule has 2 aromatic rings. The highest BCUT2D eigenvalue weighted by molar-refractivity contribution is 5.32. The first-order valence-electron chi connectivity index (χ1n) is 7.75. The molecule has 1 saturated heterocycles. The third-order valence-corrected chi connectivity index (χ3v) is 3.96. The number of aromatic nitrogens is 3. The number of aryl methyl sites for hydroxylation is 1. The van der Waals surface area contributed by atoms with Crippen molar-refractivity contribution in [2.24, 2.45) is 5.92 Å². The van der Waals surface area contributed by atoms with Crippen molar-refractivity contribution in [3.05, 3.63) is 41.7 Å². The van der Waals surface area contributed by atoms with Crippen molar-refractivity contribution < 1.29 is 19.3 Å². The van der Waals surface area contributed by atoms with Crippen LogP contribution in [-0.2, 0) is 17.6 Å². The second kappa shape index (κ2) is 7.16.